The van der Waals surface area contributed by atoms with Gasteiger partial charge >= 0.3 is 39.8 Å². The lowest BCUT2D eigenvalue weighted by atomic mass is 10.4. The van der Waals surface area contributed by atoms with Crippen molar-refractivity contribution in [3.8, 4) is 0 Å². The third-order valence-corrected chi connectivity index (χ3v) is 13.1. The Hall–Kier alpha value is -6.18. The van der Waals surface area contributed by atoms with Crippen LogP contribution in [0.15, 0.2) is 25.3 Å². The predicted octanol–water partition coefficient (Wildman–Crippen LogP) is 4.83. The van der Waals surface area contributed by atoms with Gasteiger partial charge < -0.3 is 68.0 Å². The van der Waals surface area contributed by atoms with Gasteiger partial charge in [0.1, 0.15) is 36.4 Å². The maximum Gasteiger partial charge on any atom is 0.510 e. The standard InChI is InChI=1S/2C19H30N5O10P.C2H6O6S2/c2*1-12(2)33-18(25)28-9-31-35(27,32-10-29-19(26)34-13(3)4)11-30-14(5)6-24-8-23-15-16(20)21-7-22-17(15)24;3-9(4,5)1-2-10(6,7)8/h2*7-8,12-14H,6,9-11H2,1-5H3,(H2,20,21,22);1-2H2,(H,3,4,5)(H,6,7,8)/t2*14-;/m11./s1. The molecule has 36 nitrogen and oxygen atoms in total. The zero-order chi connectivity index (χ0) is 60.4. The molecule has 0 bridgehead atoms. The van der Waals surface area contributed by atoms with E-state index in [-0.39, 0.29) is 24.7 Å². The van der Waals surface area contributed by atoms with E-state index < -0.39 is 148 Å². The molecule has 0 saturated carbocycles. The van der Waals surface area contributed by atoms with Crippen LogP contribution in [0.1, 0.15) is 69.2 Å². The summed E-state index contributed by atoms with van der Waals surface area (Å²) in [6.07, 6.45) is -2.27. The molecule has 454 valence electrons. The second kappa shape index (κ2) is 33.5. The molecule has 40 heteroatoms. The van der Waals surface area contributed by atoms with Crippen LogP contribution in [0.5, 0.6) is 0 Å². The average Bonchev–Trinajstić information content (AvgIpc) is 3.94. The molecule has 4 aromatic heterocycles. The summed E-state index contributed by atoms with van der Waals surface area (Å²) in [5.41, 5.74) is 13.4. The highest BCUT2D eigenvalue weighted by Crippen LogP contribution is 2.49. The van der Waals surface area contributed by atoms with Crippen LogP contribution in [-0.2, 0) is 108 Å². The number of nitrogens with zero attached hydrogens (tertiary/aromatic N) is 8. The van der Waals surface area contributed by atoms with E-state index in [4.69, 9.17) is 86.0 Å². The van der Waals surface area contributed by atoms with Crippen molar-refractivity contribution in [3.05, 3.63) is 25.3 Å². The maximum atomic E-state index is 13.1. The first-order valence-corrected chi connectivity index (χ1v) is 29.9. The van der Waals surface area contributed by atoms with Crippen LogP contribution in [0, 0.1) is 0 Å². The van der Waals surface area contributed by atoms with Crippen LogP contribution in [0.25, 0.3) is 22.3 Å². The molecule has 0 aliphatic heterocycles. The van der Waals surface area contributed by atoms with Gasteiger partial charge in [-0.25, -0.2) is 49.1 Å². The van der Waals surface area contributed by atoms with Crippen molar-refractivity contribution in [2.45, 2.75) is 119 Å². The third kappa shape index (κ3) is 29.3. The molecule has 0 fully saturated rings. The number of hydrogen-bond donors (Lipinski definition) is 4. The highest BCUT2D eigenvalue weighted by atomic mass is 32.2. The quantitative estimate of drug-likeness (QED) is 0.0186. The van der Waals surface area contributed by atoms with Gasteiger partial charge in [0.2, 0.25) is 27.2 Å². The largest absolute Gasteiger partial charge is 0.510 e. The Morgan fingerprint density at radius 1 is 0.500 bits per heavy atom. The van der Waals surface area contributed by atoms with E-state index in [1.54, 1.807) is 78.4 Å². The summed E-state index contributed by atoms with van der Waals surface area (Å²) in [6.45, 7) is 14.0. The molecule has 0 aromatic carbocycles. The fourth-order valence-electron chi connectivity index (χ4n) is 5.12. The van der Waals surface area contributed by atoms with Crippen molar-refractivity contribution in [1.82, 2.24) is 39.0 Å². The van der Waals surface area contributed by atoms with Crippen molar-refractivity contribution in [3.63, 3.8) is 0 Å². The van der Waals surface area contributed by atoms with E-state index in [9.17, 15) is 45.1 Å². The number of rotatable bonds is 29. The normalized spacial score (nSPS) is 12.8. The fourth-order valence-corrected chi connectivity index (χ4v) is 8.98. The Kier molecular flexibility index (Phi) is 29.3. The van der Waals surface area contributed by atoms with E-state index in [1.807, 2.05) is 0 Å². The zero-order valence-corrected chi connectivity index (χ0v) is 48.4. The second-order valence-electron chi connectivity index (χ2n) is 16.9. The van der Waals surface area contributed by atoms with Gasteiger partial charge in [0.25, 0.3) is 20.2 Å². The van der Waals surface area contributed by atoms with Crippen molar-refractivity contribution < 1.29 is 120 Å². The second-order valence-corrected chi connectivity index (χ2v) is 24.0. The molecular formula is C40H66N10O26P2S2. The monoisotopic (exact) mass is 1230 g/mol. The van der Waals surface area contributed by atoms with Gasteiger partial charge in [0.05, 0.1) is 73.9 Å². The first-order valence-electron chi connectivity index (χ1n) is 23.2. The molecule has 4 rings (SSSR count). The minimum Gasteiger partial charge on any atom is -0.432 e. The lowest BCUT2D eigenvalue weighted by molar-refractivity contribution is -0.0390. The number of carbonyl (C=O) groups is 4. The van der Waals surface area contributed by atoms with Crippen LogP contribution in [0.2, 0.25) is 0 Å². The minimum absolute atomic E-state index is 0.237. The number of ether oxygens (including phenoxy) is 10. The zero-order valence-electron chi connectivity index (χ0n) is 45.0. The van der Waals surface area contributed by atoms with Crippen LogP contribution in [-0.4, -0.2) is 178 Å². The fraction of sp³-hybridized carbons (Fsp3) is 0.650. The molecule has 80 heavy (non-hydrogen) atoms. The van der Waals surface area contributed by atoms with Gasteiger partial charge in [-0.3, -0.25) is 36.3 Å². The number of nitrogen functional groups attached to an aromatic ring is 2. The van der Waals surface area contributed by atoms with Crippen LogP contribution in [0.3, 0.4) is 0 Å². The lowest BCUT2D eigenvalue weighted by Gasteiger charge is -2.21. The summed E-state index contributed by atoms with van der Waals surface area (Å²) < 4.78 is 155. The Morgan fingerprint density at radius 2 is 0.775 bits per heavy atom. The molecule has 0 aliphatic rings. The van der Waals surface area contributed by atoms with Gasteiger partial charge in [-0.2, -0.15) is 16.8 Å². The molecule has 0 saturated heterocycles. The Balaban J connectivity index is 0.000000467. The van der Waals surface area contributed by atoms with Crippen molar-refractivity contribution in [1.29, 1.82) is 0 Å². The van der Waals surface area contributed by atoms with E-state index in [1.165, 1.54) is 25.3 Å². The molecule has 0 unspecified atom stereocenters. The summed E-state index contributed by atoms with van der Waals surface area (Å²) in [5, 5.41) is 0. The predicted molar refractivity (Wildman–Crippen MR) is 273 cm³/mol. The maximum absolute atomic E-state index is 13.1. The molecule has 4 aromatic rings. The number of carbonyl (C=O) groups excluding carboxylic acids is 4. The van der Waals surface area contributed by atoms with Gasteiger partial charge in [0, 0.05) is 0 Å². The van der Waals surface area contributed by atoms with Gasteiger partial charge in [0.15, 0.2) is 22.9 Å². The van der Waals surface area contributed by atoms with E-state index in [2.05, 4.69) is 29.9 Å². The number of anilines is 2. The summed E-state index contributed by atoms with van der Waals surface area (Å²) >= 11 is 0. The van der Waals surface area contributed by atoms with Crippen molar-refractivity contribution >= 4 is 94.0 Å². The van der Waals surface area contributed by atoms with Gasteiger partial charge in [-0.1, -0.05) is 0 Å². The summed E-state index contributed by atoms with van der Waals surface area (Å²) in [5.74, 6) is -1.49. The third-order valence-electron chi connectivity index (χ3n) is 8.43. The van der Waals surface area contributed by atoms with Crippen molar-refractivity contribution in [2.24, 2.45) is 0 Å². The Morgan fingerprint density at radius 3 is 1.02 bits per heavy atom. The summed E-state index contributed by atoms with van der Waals surface area (Å²) in [6, 6.07) is 0. The van der Waals surface area contributed by atoms with E-state index in [0.29, 0.717) is 22.3 Å². The Bertz CT molecular complexity index is 2670. The molecule has 0 aliphatic carbocycles. The van der Waals surface area contributed by atoms with Crippen LogP contribution < -0.4 is 11.5 Å². The first kappa shape index (κ1) is 69.9. The molecule has 0 spiro atoms. The molecule has 0 amide bonds. The molecular weight excluding hydrogens is 1160 g/mol. The van der Waals surface area contributed by atoms with Crippen LogP contribution >= 0.6 is 15.2 Å². The molecule has 4 heterocycles. The summed E-state index contributed by atoms with van der Waals surface area (Å²) in [4.78, 5) is 70.5. The Labute approximate surface area is 458 Å². The average molecular weight is 1230 g/mol. The number of imidazole rings is 2. The smallest absolute Gasteiger partial charge is 0.432 e. The number of nitrogens with two attached hydrogens (primary N) is 2. The molecule has 2 atom stereocenters. The lowest BCUT2D eigenvalue weighted by Crippen LogP contribution is -2.20. The topological polar surface area (TPSA) is 480 Å². The highest BCUT2D eigenvalue weighted by molar-refractivity contribution is 7.89. The van der Waals surface area contributed by atoms with Gasteiger partial charge in [-0.15, -0.1) is 0 Å². The SMILES string of the molecule is CC(C)OC(=O)OCOP(=O)(CO[C@H](C)Cn1cnc2c(N)ncnc21)OCOC(=O)OC(C)C.CC(C)OC(=O)OCOP(=O)(CO[C@H](C)Cn1cnc2c(N)ncnc21)OCOC(=O)OC(C)C.O=S(=O)(O)CCS(=O)(=O)O. The highest BCUT2D eigenvalue weighted by Gasteiger charge is 2.31. The van der Waals surface area contributed by atoms with Gasteiger partial charge in [-0.05, 0) is 69.2 Å². The minimum atomic E-state index is -4.30. The molecule has 0 radical (unpaired) electrons. The number of hydrogen-bond acceptors (Lipinski definition) is 32. The summed E-state index contributed by atoms with van der Waals surface area (Å²) in [7, 11) is -16.7. The van der Waals surface area contributed by atoms with Crippen LogP contribution in [0.4, 0.5) is 30.8 Å². The number of aromatic nitrogens is 8. The van der Waals surface area contributed by atoms with E-state index in [0.717, 1.165) is 0 Å². The number of fused-ring (bicyclic) bond motifs is 2. The molecule has 6 N–H and O–H groups in total. The van der Waals surface area contributed by atoms with E-state index >= 15 is 0 Å². The van der Waals surface area contributed by atoms with Crippen molar-refractivity contribution in [2.75, 3.05) is 62.8 Å². The first-order chi connectivity index (χ1) is 37.2.